The standard InChI is InChI=1S/C12H12BrN3O2/c1-6-9(11(14)17)10(16-12(18)15-6)7-3-2-4-8(13)5-7/h2-5,10H,1H3,(H2,14,17)(H2,15,16,18). The summed E-state index contributed by atoms with van der Waals surface area (Å²) >= 11 is 3.36. The summed E-state index contributed by atoms with van der Waals surface area (Å²) in [5.41, 5.74) is 7.02. The SMILES string of the molecule is CC1=C(C(N)=O)C(c2cccc(Br)c2)NC(=O)N1. The van der Waals surface area contributed by atoms with Gasteiger partial charge in [-0.15, -0.1) is 0 Å². The summed E-state index contributed by atoms with van der Waals surface area (Å²) in [4.78, 5) is 23.0. The van der Waals surface area contributed by atoms with Crippen molar-refractivity contribution in [3.63, 3.8) is 0 Å². The Kier molecular flexibility index (Phi) is 3.38. The number of hydrogen-bond acceptors (Lipinski definition) is 2. The second-order valence-electron chi connectivity index (χ2n) is 3.99. The highest BCUT2D eigenvalue weighted by Crippen LogP contribution is 2.27. The monoisotopic (exact) mass is 309 g/mol. The van der Waals surface area contributed by atoms with Crippen LogP contribution in [0.1, 0.15) is 18.5 Å². The zero-order valence-corrected chi connectivity index (χ0v) is 11.2. The predicted octanol–water partition coefficient (Wildman–Crippen LogP) is 1.56. The van der Waals surface area contributed by atoms with Crippen LogP contribution in [0, 0.1) is 0 Å². The minimum absolute atomic E-state index is 0.345. The molecule has 5 nitrogen and oxygen atoms in total. The highest BCUT2D eigenvalue weighted by Gasteiger charge is 2.29. The van der Waals surface area contributed by atoms with Crippen LogP contribution >= 0.6 is 15.9 Å². The maximum Gasteiger partial charge on any atom is 0.319 e. The van der Waals surface area contributed by atoms with Crippen LogP contribution < -0.4 is 16.4 Å². The number of carbonyl (C=O) groups is 2. The predicted molar refractivity (Wildman–Crippen MR) is 70.4 cm³/mol. The van der Waals surface area contributed by atoms with Gasteiger partial charge in [0.2, 0.25) is 5.91 Å². The summed E-state index contributed by atoms with van der Waals surface area (Å²) in [6, 6.07) is 6.51. The molecule has 1 heterocycles. The summed E-state index contributed by atoms with van der Waals surface area (Å²) in [6.07, 6.45) is 0. The van der Waals surface area contributed by atoms with E-state index in [1.54, 1.807) is 6.92 Å². The van der Waals surface area contributed by atoms with E-state index in [2.05, 4.69) is 26.6 Å². The van der Waals surface area contributed by atoms with Crippen molar-refractivity contribution in [1.29, 1.82) is 0 Å². The minimum atomic E-state index is -0.551. The number of nitrogens with two attached hydrogens (primary N) is 1. The number of urea groups is 1. The maximum absolute atomic E-state index is 11.5. The normalized spacial score (nSPS) is 19.2. The van der Waals surface area contributed by atoms with Crippen molar-refractivity contribution in [2.45, 2.75) is 13.0 Å². The smallest absolute Gasteiger partial charge is 0.319 e. The number of halogens is 1. The summed E-state index contributed by atoms with van der Waals surface area (Å²) in [7, 11) is 0. The highest BCUT2D eigenvalue weighted by atomic mass is 79.9. The van der Waals surface area contributed by atoms with E-state index in [0.717, 1.165) is 10.0 Å². The van der Waals surface area contributed by atoms with Crippen LogP contribution in [-0.4, -0.2) is 11.9 Å². The molecule has 94 valence electrons. The molecule has 0 bridgehead atoms. The van der Waals surface area contributed by atoms with Gasteiger partial charge in [0.1, 0.15) is 0 Å². The Morgan fingerprint density at radius 2 is 2.17 bits per heavy atom. The van der Waals surface area contributed by atoms with E-state index in [0.29, 0.717) is 11.3 Å². The third-order valence-corrected chi connectivity index (χ3v) is 3.21. The molecular weight excluding hydrogens is 298 g/mol. The first-order valence-corrected chi connectivity index (χ1v) is 6.12. The molecule has 4 N–H and O–H groups in total. The summed E-state index contributed by atoms with van der Waals surface area (Å²) in [5.74, 6) is -0.551. The summed E-state index contributed by atoms with van der Waals surface area (Å²) in [5, 5.41) is 5.23. The average molecular weight is 310 g/mol. The van der Waals surface area contributed by atoms with Gasteiger partial charge in [-0.3, -0.25) is 4.79 Å². The zero-order valence-electron chi connectivity index (χ0n) is 9.66. The van der Waals surface area contributed by atoms with Crippen LogP contribution in [0.3, 0.4) is 0 Å². The largest absolute Gasteiger partial charge is 0.366 e. The Hall–Kier alpha value is -1.82. The molecule has 0 radical (unpaired) electrons. The van der Waals surface area contributed by atoms with Crippen LogP contribution in [0.5, 0.6) is 0 Å². The molecule has 0 spiro atoms. The lowest BCUT2D eigenvalue weighted by molar-refractivity contribution is -0.115. The highest BCUT2D eigenvalue weighted by molar-refractivity contribution is 9.10. The van der Waals surface area contributed by atoms with Gasteiger partial charge in [-0.25, -0.2) is 4.79 Å². The van der Waals surface area contributed by atoms with Gasteiger partial charge < -0.3 is 16.4 Å². The van der Waals surface area contributed by atoms with E-state index < -0.39 is 11.9 Å². The topological polar surface area (TPSA) is 84.2 Å². The Labute approximate surface area is 113 Å². The van der Waals surface area contributed by atoms with Gasteiger partial charge in [0.15, 0.2) is 0 Å². The lowest BCUT2D eigenvalue weighted by atomic mass is 9.95. The van der Waals surface area contributed by atoms with Gasteiger partial charge in [0, 0.05) is 10.2 Å². The van der Waals surface area contributed by atoms with E-state index in [9.17, 15) is 9.59 Å². The lowest BCUT2D eigenvalue weighted by Gasteiger charge is -2.27. The van der Waals surface area contributed by atoms with Crippen molar-refractivity contribution in [3.8, 4) is 0 Å². The third kappa shape index (κ3) is 2.38. The number of nitrogens with one attached hydrogen (secondary N) is 2. The first-order valence-electron chi connectivity index (χ1n) is 5.32. The number of hydrogen-bond donors (Lipinski definition) is 3. The second kappa shape index (κ2) is 4.81. The van der Waals surface area contributed by atoms with Crippen LogP contribution in [0.25, 0.3) is 0 Å². The van der Waals surface area contributed by atoms with Crippen LogP contribution in [-0.2, 0) is 4.79 Å². The molecule has 18 heavy (non-hydrogen) atoms. The van der Waals surface area contributed by atoms with Gasteiger partial charge in [-0.1, -0.05) is 28.1 Å². The number of allylic oxidation sites excluding steroid dienone is 1. The summed E-state index contributed by atoms with van der Waals surface area (Å²) < 4.78 is 0.870. The molecule has 0 aliphatic carbocycles. The van der Waals surface area contributed by atoms with Crippen molar-refractivity contribution >= 4 is 27.9 Å². The van der Waals surface area contributed by atoms with Crippen molar-refractivity contribution in [2.75, 3.05) is 0 Å². The minimum Gasteiger partial charge on any atom is -0.366 e. The van der Waals surface area contributed by atoms with Gasteiger partial charge >= 0.3 is 6.03 Å². The lowest BCUT2D eigenvalue weighted by Crippen LogP contribution is -2.46. The molecule has 1 atom stereocenters. The van der Waals surface area contributed by atoms with E-state index in [-0.39, 0.29) is 6.03 Å². The van der Waals surface area contributed by atoms with Gasteiger partial charge in [0.25, 0.3) is 0 Å². The van der Waals surface area contributed by atoms with Crippen molar-refractivity contribution in [3.05, 3.63) is 45.6 Å². The molecular formula is C12H12BrN3O2. The first kappa shape index (κ1) is 12.6. The Bertz CT molecular complexity index is 554. The molecule has 0 fully saturated rings. The molecule has 6 heteroatoms. The van der Waals surface area contributed by atoms with E-state index in [1.807, 2.05) is 24.3 Å². The number of carbonyl (C=O) groups excluding carboxylic acids is 2. The number of rotatable bonds is 2. The Morgan fingerprint density at radius 3 is 2.78 bits per heavy atom. The average Bonchev–Trinajstić information content (AvgIpc) is 2.27. The molecule has 0 saturated carbocycles. The van der Waals surface area contributed by atoms with Gasteiger partial charge in [-0.2, -0.15) is 0 Å². The fraction of sp³-hybridized carbons (Fsp3) is 0.167. The molecule has 1 aromatic rings. The van der Waals surface area contributed by atoms with Crippen LogP contribution in [0.15, 0.2) is 40.0 Å². The molecule has 1 aliphatic heterocycles. The molecule has 1 unspecified atom stereocenters. The fourth-order valence-corrected chi connectivity index (χ4v) is 2.37. The van der Waals surface area contributed by atoms with Crippen LogP contribution in [0.4, 0.5) is 4.79 Å². The fourth-order valence-electron chi connectivity index (χ4n) is 1.96. The number of primary amides is 1. The first-order chi connectivity index (χ1) is 8.49. The van der Waals surface area contributed by atoms with Crippen LogP contribution in [0.2, 0.25) is 0 Å². The Balaban J connectivity index is 2.50. The zero-order chi connectivity index (χ0) is 13.3. The molecule has 1 aliphatic rings. The van der Waals surface area contributed by atoms with Crippen molar-refractivity contribution in [2.24, 2.45) is 5.73 Å². The van der Waals surface area contributed by atoms with Crippen molar-refractivity contribution < 1.29 is 9.59 Å². The van der Waals surface area contributed by atoms with Crippen molar-refractivity contribution in [1.82, 2.24) is 10.6 Å². The number of benzene rings is 1. The van der Waals surface area contributed by atoms with Gasteiger partial charge in [-0.05, 0) is 24.6 Å². The van der Waals surface area contributed by atoms with Gasteiger partial charge in [0.05, 0.1) is 11.6 Å². The van der Waals surface area contributed by atoms with E-state index in [4.69, 9.17) is 5.73 Å². The third-order valence-electron chi connectivity index (χ3n) is 2.72. The molecule has 0 saturated heterocycles. The molecule has 0 aromatic heterocycles. The van der Waals surface area contributed by atoms with E-state index >= 15 is 0 Å². The quantitative estimate of drug-likeness (QED) is 0.774. The number of amides is 3. The molecule has 3 amide bonds. The molecule has 1 aromatic carbocycles. The maximum atomic E-state index is 11.5. The second-order valence-corrected chi connectivity index (χ2v) is 4.91. The Morgan fingerprint density at radius 1 is 1.44 bits per heavy atom. The summed E-state index contributed by atoms with van der Waals surface area (Å²) in [6.45, 7) is 1.66. The van der Waals surface area contributed by atoms with E-state index in [1.165, 1.54) is 0 Å². The molecule has 2 rings (SSSR count).